The Morgan fingerprint density at radius 1 is 1.14 bits per heavy atom. The average molecular weight is 337 g/mol. The van der Waals surface area contributed by atoms with E-state index in [1.807, 2.05) is 0 Å². The zero-order valence-corrected chi connectivity index (χ0v) is 12.9. The average Bonchev–Trinajstić information content (AvgIpc) is 2.49. The molecule has 1 amide bonds. The standard InChI is InChI=1S/C15H13ClN2O3S/c16-10-1-7-13(8-2-10)21-9-14(20)18-15(22)17-11-3-5-12(19)6-4-11/h1-8,19H,9H2,(H2,17,18,20,22). The summed E-state index contributed by atoms with van der Waals surface area (Å²) in [5.74, 6) is 0.306. The van der Waals surface area contributed by atoms with Crippen LogP contribution in [-0.4, -0.2) is 22.7 Å². The maximum atomic E-state index is 11.7. The Bertz CT molecular complexity index is 659. The van der Waals surface area contributed by atoms with Crippen molar-refractivity contribution in [1.82, 2.24) is 5.32 Å². The van der Waals surface area contributed by atoms with Crippen molar-refractivity contribution in [3.05, 3.63) is 53.6 Å². The molecule has 0 fully saturated rings. The summed E-state index contributed by atoms with van der Waals surface area (Å²) in [5, 5.41) is 15.2. The summed E-state index contributed by atoms with van der Waals surface area (Å²) in [6.45, 7) is -0.168. The smallest absolute Gasteiger partial charge is 0.264 e. The van der Waals surface area contributed by atoms with Gasteiger partial charge in [-0.05, 0) is 60.7 Å². The van der Waals surface area contributed by atoms with Gasteiger partial charge in [0.2, 0.25) is 0 Å². The van der Waals surface area contributed by atoms with Gasteiger partial charge in [-0.15, -0.1) is 0 Å². The first-order chi connectivity index (χ1) is 10.5. The molecule has 0 saturated carbocycles. The lowest BCUT2D eigenvalue weighted by Gasteiger charge is -2.10. The third kappa shape index (κ3) is 5.23. The highest BCUT2D eigenvalue weighted by Gasteiger charge is 2.06. The Morgan fingerprint density at radius 3 is 2.41 bits per heavy atom. The second-order valence-corrected chi connectivity index (χ2v) is 5.14. The van der Waals surface area contributed by atoms with Crippen molar-refractivity contribution in [1.29, 1.82) is 0 Å². The number of aromatic hydroxyl groups is 1. The van der Waals surface area contributed by atoms with Crippen LogP contribution < -0.4 is 15.4 Å². The lowest BCUT2D eigenvalue weighted by molar-refractivity contribution is -0.121. The summed E-state index contributed by atoms with van der Waals surface area (Å²) >= 11 is 10.8. The van der Waals surface area contributed by atoms with Crippen molar-refractivity contribution < 1.29 is 14.6 Å². The molecule has 0 heterocycles. The molecule has 0 aliphatic rings. The number of hydrogen-bond acceptors (Lipinski definition) is 4. The van der Waals surface area contributed by atoms with Crippen LogP contribution >= 0.6 is 23.8 Å². The number of carbonyl (C=O) groups is 1. The SMILES string of the molecule is O=C(COc1ccc(Cl)cc1)NC(=S)Nc1ccc(O)cc1. The zero-order chi connectivity index (χ0) is 15.9. The Hall–Kier alpha value is -2.31. The Kier molecular flexibility index (Phi) is 5.57. The normalized spacial score (nSPS) is 9.86. The van der Waals surface area contributed by atoms with Crippen LogP contribution in [0, 0.1) is 0 Å². The number of halogens is 1. The summed E-state index contributed by atoms with van der Waals surface area (Å²) < 4.78 is 5.30. The molecule has 0 unspecified atom stereocenters. The molecule has 0 spiro atoms. The number of ether oxygens (including phenoxy) is 1. The van der Waals surface area contributed by atoms with Gasteiger partial charge in [-0.25, -0.2) is 0 Å². The van der Waals surface area contributed by atoms with Crippen molar-refractivity contribution in [2.24, 2.45) is 0 Å². The predicted molar refractivity (Wildman–Crippen MR) is 89.4 cm³/mol. The van der Waals surface area contributed by atoms with E-state index in [0.29, 0.717) is 16.5 Å². The summed E-state index contributed by atoms with van der Waals surface area (Å²) in [5.41, 5.74) is 0.654. The molecule has 3 N–H and O–H groups in total. The molecule has 7 heteroatoms. The van der Waals surface area contributed by atoms with Gasteiger partial charge in [-0.2, -0.15) is 0 Å². The maximum absolute atomic E-state index is 11.7. The highest BCUT2D eigenvalue weighted by molar-refractivity contribution is 7.80. The minimum Gasteiger partial charge on any atom is -0.508 e. The molecule has 2 aromatic carbocycles. The van der Waals surface area contributed by atoms with Crippen LogP contribution in [0.3, 0.4) is 0 Å². The number of phenols is 1. The molecule has 0 saturated heterocycles. The molecule has 5 nitrogen and oxygen atoms in total. The highest BCUT2D eigenvalue weighted by atomic mass is 35.5. The first-order valence-electron chi connectivity index (χ1n) is 6.31. The van der Waals surface area contributed by atoms with Gasteiger partial charge >= 0.3 is 0 Å². The lowest BCUT2D eigenvalue weighted by atomic mass is 10.3. The molecule has 0 aliphatic carbocycles. The number of thiocarbonyl (C=S) groups is 1. The molecule has 2 rings (SSSR count). The third-order valence-corrected chi connectivity index (χ3v) is 3.02. The van der Waals surface area contributed by atoms with Gasteiger partial charge in [0.05, 0.1) is 0 Å². The number of carbonyl (C=O) groups excluding carboxylic acids is 1. The van der Waals surface area contributed by atoms with Gasteiger partial charge in [-0.3, -0.25) is 10.1 Å². The largest absolute Gasteiger partial charge is 0.508 e. The number of phenolic OH excluding ortho intramolecular Hbond substituents is 1. The van der Waals surface area contributed by atoms with Crippen LogP contribution in [0.5, 0.6) is 11.5 Å². The fourth-order valence-electron chi connectivity index (χ4n) is 1.55. The number of rotatable bonds is 4. The third-order valence-electron chi connectivity index (χ3n) is 2.56. The van der Waals surface area contributed by atoms with E-state index < -0.39 is 0 Å². The summed E-state index contributed by atoms with van der Waals surface area (Å²) in [4.78, 5) is 11.7. The number of amides is 1. The van der Waals surface area contributed by atoms with Crippen molar-refractivity contribution >= 4 is 40.5 Å². The van der Waals surface area contributed by atoms with Crippen molar-refractivity contribution in [2.45, 2.75) is 0 Å². The Morgan fingerprint density at radius 2 is 1.77 bits per heavy atom. The predicted octanol–water partition coefficient (Wildman–Crippen LogP) is 2.94. The lowest BCUT2D eigenvalue weighted by Crippen LogP contribution is -2.37. The summed E-state index contributed by atoms with van der Waals surface area (Å²) in [6.07, 6.45) is 0. The number of benzene rings is 2. The molecule has 0 aliphatic heterocycles. The topological polar surface area (TPSA) is 70.6 Å². The minimum atomic E-state index is -0.383. The first-order valence-corrected chi connectivity index (χ1v) is 7.10. The molecule has 0 bridgehead atoms. The molecular weight excluding hydrogens is 324 g/mol. The van der Waals surface area contributed by atoms with Gasteiger partial charge in [0.15, 0.2) is 11.7 Å². The van der Waals surface area contributed by atoms with Crippen LogP contribution in [0.1, 0.15) is 0 Å². The van der Waals surface area contributed by atoms with Gasteiger partial charge in [0.1, 0.15) is 11.5 Å². The van der Waals surface area contributed by atoms with Gasteiger partial charge in [-0.1, -0.05) is 11.6 Å². The Balaban J connectivity index is 1.77. The van der Waals surface area contributed by atoms with Crippen molar-refractivity contribution in [3.63, 3.8) is 0 Å². The van der Waals surface area contributed by atoms with Gasteiger partial charge in [0, 0.05) is 10.7 Å². The second-order valence-electron chi connectivity index (χ2n) is 4.29. The molecule has 22 heavy (non-hydrogen) atoms. The summed E-state index contributed by atoms with van der Waals surface area (Å²) in [7, 11) is 0. The maximum Gasteiger partial charge on any atom is 0.264 e. The van der Waals surface area contributed by atoms with Crippen LogP contribution in [0.15, 0.2) is 48.5 Å². The highest BCUT2D eigenvalue weighted by Crippen LogP contribution is 2.15. The van der Waals surface area contributed by atoms with Gasteiger partial charge in [0.25, 0.3) is 5.91 Å². The van der Waals surface area contributed by atoms with E-state index >= 15 is 0 Å². The number of anilines is 1. The van der Waals surface area contributed by atoms with E-state index in [-0.39, 0.29) is 23.4 Å². The number of nitrogens with one attached hydrogen (secondary N) is 2. The second kappa shape index (κ2) is 7.63. The summed E-state index contributed by atoms with van der Waals surface area (Å²) in [6, 6.07) is 13.0. The molecule has 0 radical (unpaired) electrons. The molecule has 0 atom stereocenters. The van der Waals surface area contributed by atoms with Gasteiger partial charge < -0.3 is 15.2 Å². The van der Waals surface area contributed by atoms with E-state index in [9.17, 15) is 9.90 Å². The van der Waals surface area contributed by atoms with E-state index in [4.69, 9.17) is 28.6 Å². The molecule has 0 aromatic heterocycles. The molecule has 114 valence electrons. The van der Waals surface area contributed by atoms with Crippen LogP contribution in [0.4, 0.5) is 5.69 Å². The first kappa shape index (κ1) is 16.1. The van der Waals surface area contributed by atoms with E-state index in [0.717, 1.165) is 0 Å². The zero-order valence-electron chi connectivity index (χ0n) is 11.4. The molecule has 2 aromatic rings. The fraction of sp³-hybridized carbons (Fsp3) is 0.0667. The minimum absolute atomic E-state index is 0.149. The van der Waals surface area contributed by atoms with Crippen molar-refractivity contribution in [3.8, 4) is 11.5 Å². The number of hydrogen-bond donors (Lipinski definition) is 3. The van der Waals surface area contributed by atoms with E-state index in [1.54, 1.807) is 36.4 Å². The van der Waals surface area contributed by atoms with Crippen LogP contribution in [-0.2, 0) is 4.79 Å². The Labute approximate surface area is 137 Å². The molecular formula is C15H13ClN2O3S. The van der Waals surface area contributed by atoms with Crippen molar-refractivity contribution in [2.75, 3.05) is 11.9 Å². The monoisotopic (exact) mass is 336 g/mol. The fourth-order valence-corrected chi connectivity index (χ4v) is 1.91. The van der Waals surface area contributed by atoms with E-state index in [2.05, 4.69) is 10.6 Å². The van der Waals surface area contributed by atoms with E-state index in [1.165, 1.54) is 12.1 Å². The van der Waals surface area contributed by atoms with Crippen LogP contribution in [0.25, 0.3) is 0 Å². The quantitative estimate of drug-likeness (QED) is 0.591. The van der Waals surface area contributed by atoms with Crippen LogP contribution in [0.2, 0.25) is 5.02 Å².